The van der Waals surface area contributed by atoms with Gasteiger partial charge >= 0.3 is 0 Å². The molecule has 0 aromatic heterocycles. The van der Waals surface area contributed by atoms with Crippen molar-refractivity contribution in [2.75, 3.05) is 13.7 Å². The molecule has 0 aromatic rings. The van der Waals surface area contributed by atoms with Gasteiger partial charge in [-0.1, -0.05) is 26.0 Å². The minimum absolute atomic E-state index is 0.548. The van der Waals surface area contributed by atoms with Gasteiger partial charge in [0.2, 0.25) is 0 Å². The topological polar surface area (TPSA) is 21.6 Å². The highest BCUT2D eigenvalue weighted by molar-refractivity contribution is 5.58. The van der Waals surface area contributed by atoms with Crippen LogP contribution in [0.5, 0.6) is 0 Å². The molecule has 0 saturated heterocycles. The first-order chi connectivity index (χ1) is 5.85. The number of rotatable bonds is 6. The number of ether oxygens (including phenoxy) is 1. The number of allylic oxidation sites excluding steroid dienone is 2. The average molecular weight is 167 g/mol. The van der Waals surface area contributed by atoms with Crippen molar-refractivity contribution in [3.63, 3.8) is 0 Å². The fourth-order valence-corrected chi connectivity index (χ4v) is 0.723. The number of aliphatic imine (C=N–C) groups is 1. The highest BCUT2D eigenvalue weighted by Gasteiger charge is 1.88. The molecule has 0 aromatic carbocycles. The van der Waals surface area contributed by atoms with Gasteiger partial charge in [0.25, 0.3) is 0 Å². The fraction of sp³-hybridized carbons (Fsp3) is 0.500. The molecule has 0 aliphatic rings. The normalized spacial score (nSPS) is 12.3. The first-order valence-electron chi connectivity index (χ1n) is 4.18. The summed E-state index contributed by atoms with van der Waals surface area (Å²) in [7, 11) is 1.66. The van der Waals surface area contributed by atoms with Crippen LogP contribution in [0.2, 0.25) is 0 Å². The molecule has 0 fully saturated rings. The lowest BCUT2D eigenvalue weighted by Gasteiger charge is -1.97. The molecule has 12 heavy (non-hydrogen) atoms. The number of nitrogens with zero attached hydrogens (tertiary/aromatic N) is 1. The summed E-state index contributed by atoms with van der Waals surface area (Å²) in [5, 5.41) is 0. The lowest BCUT2D eigenvalue weighted by molar-refractivity contribution is 0.225. The predicted molar refractivity (Wildman–Crippen MR) is 53.6 cm³/mol. The first-order valence-corrected chi connectivity index (χ1v) is 4.18. The Labute approximate surface area is 74.7 Å². The van der Waals surface area contributed by atoms with Crippen LogP contribution in [0.25, 0.3) is 0 Å². The second-order valence-electron chi connectivity index (χ2n) is 2.43. The van der Waals surface area contributed by atoms with Crippen molar-refractivity contribution in [2.45, 2.75) is 19.8 Å². The molecule has 2 heteroatoms. The third-order valence-corrected chi connectivity index (χ3v) is 1.28. The molecule has 0 heterocycles. The molecule has 68 valence electrons. The number of unbranched alkanes of at least 4 members (excludes halogenated alkanes) is 1. The van der Waals surface area contributed by atoms with Gasteiger partial charge in [-0.2, -0.15) is 0 Å². The van der Waals surface area contributed by atoms with E-state index in [1.807, 2.05) is 12.3 Å². The van der Waals surface area contributed by atoms with E-state index in [9.17, 15) is 0 Å². The molecule has 0 aliphatic heterocycles. The first kappa shape index (κ1) is 11.1. The number of methoxy groups -OCH3 is 1. The van der Waals surface area contributed by atoms with Crippen LogP contribution < -0.4 is 0 Å². The molecule has 0 N–H and O–H groups in total. The summed E-state index contributed by atoms with van der Waals surface area (Å²) in [6.45, 7) is 6.28. The van der Waals surface area contributed by atoms with E-state index in [-0.39, 0.29) is 0 Å². The van der Waals surface area contributed by atoms with E-state index in [4.69, 9.17) is 4.74 Å². The minimum Gasteiger partial charge on any atom is -0.378 e. The molecule has 0 spiro atoms. The lowest BCUT2D eigenvalue weighted by Crippen LogP contribution is -1.91. The van der Waals surface area contributed by atoms with Crippen LogP contribution in [0, 0.1) is 0 Å². The van der Waals surface area contributed by atoms with Crippen molar-refractivity contribution in [1.82, 2.24) is 0 Å². The Morgan fingerprint density at radius 2 is 2.33 bits per heavy atom. The minimum atomic E-state index is 0.548. The van der Waals surface area contributed by atoms with E-state index in [1.54, 1.807) is 13.2 Å². The van der Waals surface area contributed by atoms with Crippen LogP contribution >= 0.6 is 0 Å². The van der Waals surface area contributed by atoms with Gasteiger partial charge in [-0.3, -0.25) is 4.99 Å². The standard InChI is InChI=1S/C10H17NO/c1-4-6-8-11-10(7-5-2)9-12-3/h5,7-8H,2,4,6,9H2,1,3H3/b10-7-,11-8?. The van der Waals surface area contributed by atoms with Crippen LogP contribution in [-0.2, 0) is 4.74 Å². The van der Waals surface area contributed by atoms with Gasteiger partial charge in [0.15, 0.2) is 0 Å². The quantitative estimate of drug-likeness (QED) is 0.440. The molecule has 0 aliphatic carbocycles. The van der Waals surface area contributed by atoms with Crippen LogP contribution in [-0.4, -0.2) is 19.9 Å². The van der Waals surface area contributed by atoms with E-state index in [1.165, 1.54) is 0 Å². The van der Waals surface area contributed by atoms with Crippen LogP contribution in [0.3, 0.4) is 0 Å². The highest BCUT2D eigenvalue weighted by Crippen LogP contribution is 1.97. The van der Waals surface area contributed by atoms with Crippen molar-refractivity contribution in [2.24, 2.45) is 4.99 Å². The van der Waals surface area contributed by atoms with Crippen LogP contribution in [0.4, 0.5) is 0 Å². The highest BCUT2D eigenvalue weighted by atomic mass is 16.5. The van der Waals surface area contributed by atoms with E-state index in [0.717, 1.165) is 18.5 Å². The summed E-state index contributed by atoms with van der Waals surface area (Å²) in [6.07, 6.45) is 7.62. The Bertz CT molecular complexity index is 171. The summed E-state index contributed by atoms with van der Waals surface area (Å²) >= 11 is 0. The summed E-state index contributed by atoms with van der Waals surface area (Å²) in [4.78, 5) is 4.23. The third kappa shape index (κ3) is 5.86. The zero-order valence-electron chi connectivity index (χ0n) is 7.92. The number of hydrogen-bond acceptors (Lipinski definition) is 2. The molecular weight excluding hydrogens is 150 g/mol. The second kappa shape index (κ2) is 8.21. The zero-order valence-corrected chi connectivity index (χ0v) is 7.92. The van der Waals surface area contributed by atoms with E-state index < -0.39 is 0 Å². The maximum absolute atomic E-state index is 4.96. The predicted octanol–water partition coefficient (Wildman–Crippen LogP) is 2.57. The van der Waals surface area contributed by atoms with Crippen molar-refractivity contribution >= 4 is 6.21 Å². The van der Waals surface area contributed by atoms with E-state index in [2.05, 4.69) is 18.5 Å². The Balaban J connectivity index is 3.94. The molecule has 0 amide bonds. The molecule has 0 rings (SSSR count). The van der Waals surface area contributed by atoms with Gasteiger partial charge in [0, 0.05) is 13.3 Å². The van der Waals surface area contributed by atoms with Crippen molar-refractivity contribution in [1.29, 1.82) is 0 Å². The van der Waals surface area contributed by atoms with Gasteiger partial charge in [0.05, 0.1) is 12.3 Å². The van der Waals surface area contributed by atoms with Gasteiger partial charge in [-0.15, -0.1) is 0 Å². The molecule has 0 saturated carbocycles. The van der Waals surface area contributed by atoms with Crippen LogP contribution in [0.15, 0.2) is 29.4 Å². The van der Waals surface area contributed by atoms with E-state index in [0.29, 0.717) is 6.61 Å². The van der Waals surface area contributed by atoms with Gasteiger partial charge < -0.3 is 4.74 Å². The maximum Gasteiger partial charge on any atom is 0.0883 e. The molecule has 0 atom stereocenters. The summed E-state index contributed by atoms with van der Waals surface area (Å²) in [5.41, 5.74) is 0.918. The molecule has 0 radical (unpaired) electrons. The number of hydrogen-bond donors (Lipinski definition) is 0. The summed E-state index contributed by atoms with van der Waals surface area (Å²) in [5.74, 6) is 0. The summed E-state index contributed by atoms with van der Waals surface area (Å²) in [6, 6.07) is 0. The Morgan fingerprint density at radius 3 is 2.83 bits per heavy atom. The van der Waals surface area contributed by atoms with E-state index >= 15 is 0 Å². The Hall–Kier alpha value is -0.890. The fourth-order valence-electron chi connectivity index (χ4n) is 0.723. The molecular formula is C10H17NO. The van der Waals surface area contributed by atoms with Gasteiger partial charge in [-0.25, -0.2) is 0 Å². The second-order valence-corrected chi connectivity index (χ2v) is 2.43. The molecule has 2 nitrogen and oxygen atoms in total. The van der Waals surface area contributed by atoms with Crippen molar-refractivity contribution < 1.29 is 4.74 Å². The Kier molecular flexibility index (Phi) is 7.60. The Morgan fingerprint density at radius 1 is 1.58 bits per heavy atom. The maximum atomic E-state index is 4.96. The van der Waals surface area contributed by atoms with Crippen molar-refractivity contribution in [3.05, 3.63) is 24.4 Å². The SMILES string of the molecule is C=C/C=C(/COC)N=CCCC. The third-order valence-electron chi connectivity index (χ3n) is 1.28. The largest absolute Gasteiger partial charge is 0.378 e. The van der Waals surface area contributed by atoms with Gasteiger partial charge in [0.1, 0.15) is 0 Å². The molecule has 0 unspecified atom stereocenters. The van der Waals surface area contributed by atoms with Crippen LogP contribution in [0.1, 0.15) is 19.8 Å². The monoisotopic (exact) mass is 167 g/mol. The smallest absolute Gasteiger partial charge is 0.0883 e. The lowest BCUT2D eigenvalue weighted by atomic mass is 10.3. The van der Waals surface area contributed by atoms with Crippen molar-refractivity contribution in [3.8, 4) is 0 Å². The van der Waals surface area contributed by atoms with Gasteiger partial charge in [-0.05, 0) is 12.5 Å². The average Bonchev–Trinajstić information content (AvgIpc) is 2.06. The zero-order chi connectivity index (χ0) is 9.23. The summed E-state index contributed by atoms with van der Waals surface area (Å²) < 4.78 is 4.96. The molecule has 0 bridgehead atoms.